The first-order chi connectivity index (χ1) is 18.6. The topological polar surface area (TPSA) is 113 Å². The van der Waals surface area contributed by atoms with Crippen LogP contribution in [0.5, 0.6) is 0 Å². The normalized spacial score (nSPS) is 15.3. The largest absolute Gasteiger partial charge is 0.340 e. The van der Waals surface area contributed by atoms with E-state index in [-0.39, 0.29) is 11.3 Å². The van der Waals surface area contributed by atoms with E-state index in [4.69, 9.17) is 4.98 Å². The van der Waals surface area contributed by atoms with Gasteiger partial charge in [-0.25, -0.2) is 13.4 Å². The summed E-state index contributed by atoms with van der Waals surface area (Å²) >= 11 is 0. The van der Waals surface area contributed by atoms with Crippen LogP contribution in [0.4, 0.5) is 11.5 Å². The highest BCUT2D eigenvalue weighted by Crippen LogP contribution is 2.31. The Morgan fingerprint density at radius 2 is 1.87 bits per heavy atom. The van der Waals surface area contributed by atoms with Crippen LogP contribution in [-0.4, -0.2) is 64.7 Å². The van der Waals surface area contributed by atoms with Gasteiger partial charge in [-0.3, -0.25) is 9.48 Å². The van der Waals surface area contributed by atoms with E-state index in [2.05, 4.69) is 46.3 Å². The molecule has 4 heterocycles. The number of piperidine rings is 1. The highest BCUT2D eigenvalue weighted by molar-refractivity contribution is 7.90. The maximum Gasteiger partial charge on any atom is 0.259 e. The number of sulfone groups is 1. The van der Waals surface area contributed by atoms with Crippen molar-refractivity contribution in [3.8, 4) is 11.3 Å². The Morgan fingerprint density at radius 3 is 2.56 bits per heavy atom. The molecule has 0 atom stereocenters. The van der Waals surface area contributed by atoms with Crippen LogP contribution >= 0.6 is 0 Å². The molecule has 4 aromatic rings. The first kappa shape index (κ1) is 27.1. The van der Waals surface area contributed by atoms with Crippen molar-refractivity contribution in [1.82, 2.24) is 24.6 Å². The molecule has 9 nitrogen and oxygen atoms in total. The van der Waals surface area contributed by atoms with Crippen LogP contribution in [-0.2, 0) is 16.4 Å². The van der Waals surface area contributed by atoms with Crippen LogP contribution in [0.3, 0.4) is 0 Å². The molecule has 0 spiro atoms. The zero-order valence-electron chi connectivity index (χ0n) is 22.7. The highest BCUT2D eigenvalue weighted by atomic mass is 32.2. The van der Waals surface area contributed by atoms with Crippen LogP contribution in [0.1, 0.15) is 38.2 Å². The molecule has 0 unspecified atom stereocenters. The molecule has 1 saturated heterocycles. The van der Waals surface area contributed by atoms with E-state index in [1.165, 1.54) is 11.8 Å². The van der Waals surface area contributed by atoms with Gasteiger partial charge < -0.3 is 15.2 Å². The minimum atomic E-state index is -2.94. The number of pyridine rings is 2. The molecule has 3 aromatic heterocycles. The average Bonchev–Trinajstić information content (AvgIpc) is 3.36. The monoisotopic (exact) mass is 548 g/mol. The molecule has 0 radical (unpaired) electrons. The summed E-state index contributed by atoms with van der Waals surface area (Å²) < 4.78 is 24.9. The molecular weight excluding hydrogens is 512 g/mol. The summed E-state index contributed by atoms with van der Waals surface area (Å²) in [6.45, 7) is 7.54. The van der Waals surface area contributed by atoms with Gasteiger partial charge in [0.15, 0.2) is 0 Å². The average molecular weight is 549 g/mol. The van der Waals surface area contributed by atoms with Crippen LogP contribution in [0, 0.1) is 5.92 Å². The van der Waals surface area contributed by atoms with Gasteiger partial charge in [0.05, 0.1) is 23.0 Å². The Bertz CT molecular complexity index is 1600. The molecule has 5 rings (SSSR count). The number of H-pyrrole nitrogens is 1. The van der Waals surface area contributed by atoms with E-state index in [1.807, 2.05) is 41.3 Å². The van der Waals surface area contributed by atoms with Gasteiger partial charge in [-0.1, -0.05) is 26.0 Å². The van der Waals surface area contributed by atoms with E-state index in [9.17, 15) is 13.2 Å². The number of aromatic nitrogens is 4. The number of nitrogens with one attached hydrogen (secondary N) is 2. The second-order valence-corrected chi connectivity index (χ2v) is 13.2. The Morgan fingerprint density at radius 1 is 1.13 bits per heavy atom. The summed E-state index contributed by atoms with van der Waals surface area (Å²) in [5.41, 5.74) is 3.59. The minimum Gasteiger partial charge on any atom is -0.340 e. The fraction of sp³-hybridized carbons (Fsp3) is 0.414. The van der Waals surface area contributed by atoms with Crippen LogP contribution in [0.2, 0.25) is 0 Å². The van der Waals surface area contributed by atoms with Gasteiger partial charge in [-0.05, 0) is 73.0 Å². The number of likely N-dealkylation sites (tertiary alicyclic amines) is 1. The zero-order chi connectivity index (χ0) is 27.6. The third-order valence-electron chi connectivity index (χ3n) is 7.25. The van der Waals surface area contributed by atoms with Crippen molar-refractivity contribution in [2.45, 2.75) is 39.2 Å². The highest BCUT2D eigenvalue weighted by Gasteiger charge is 2.21. The van der Waals surface area contributed by atoms with Gasteiger partial charge in [0.2, 0.25) is 0 Å². The SMILES string of the molecule is CC(C)Cn1cc(-c2cc3cc[nH]c(=O)c3c(Nc3ccc(C4CCN(CCS(C)(=O)=O)CC4)cc3)n2)cn1. The number of benzene rings is 1. The molecule has 1 fully saturated rings. The van der Waals surface area contributed by atoms with Crippen LogP contribution < -0.4 is 10.9 Å². The lowest BCUT2D eigenvalue weighted by molar-refractivity contribution is 0.223. The quantitative estimate of drug-likeness (QED) is 0.319. The maximum atomic E-state index is 12.8. The molecule has 206 valence electrons. The summed E-state index contributed by atoms with van der Waals surface area (Å²) in [6, 6.07) is 12.1. The molecule has 0 amide bonds. The lowest BCUT2D eigenvalue weighted by Gasteiger charge is -2.32. The summed E-state index contributed by atoms with van der Waals surface area (Å²) in [4.78, 5) is 22.6. The number of hydrogen-bond donors (Lipinski definition) is 2. The summed E-state index contributed by atoms with van der Waals surface area (Å²) in [5, 5.41) is 9.19. The first-order valence-corrected chi connectivity index (χ1v) is 15.5. The van der Waals surface area contributed by atoms with Gasteiger partial charge in [0.1, 0.15) is 15.7 Å². The molecule has 1 aromatic carbocycles. The first-order valence-electron chi connectivity index (χ1n) is 13.5. The summed E-state index contributed by atoms with van der Waals surface area (Å²) in [7, 11) is -2.94. The fourth-order valence-electron chi connectivity index (χ4n) is 5.18. The Hall–Kier alpha value is -3.50. The van der Waals surface area contributed by atoms with Gasteiger partial charge >= 0.3 is 0 Å². The molecule has 39 heavy (non-hydrogen) atoms. The fourth-order valence-corrected chi connectivity index (χ4v) is 5.77. The second kappa shape index (κ2) is 11.3. The predicted molar refractivity (Wildman–Crippen MR) is 156 cm³/mol. The Labute approximate surface area is 229 Å². The molecule has 0 saturated carbocycles. The van der Waals surface area contributed by atoms with Crippen LogP contribution in [0.15, 0.2) is 59.8 Å². The number of hydrogen-bond acceptors (Lipinski definition) is 7. The van der Waals surface area contributed by atoms with Crippen molar-refractivity contribution >= 4 is 32.1 Å². The lowest BCUT2D eigenvalue weighted by atomic mass is 9.89. The predicted octanol–water partition coefficient (Wildman–Crippen LogP) is 4.41. The number of nitrogens with zero attached hydrogens (tertiary/aromatic N) is 4. The van der Waals surface area contributed by atoms with E-state index in [0.717, 1.165) is 54.8 Å². The summed E-state index contributed by atoms with van der Waals surface area (Å²) in [6.07, 6.45) is 8.76. The van der Waals surface area contributed by atoms with Crippen molar-refractivity contribution in [3.63, 3.8) is 0 Å². The lowest BCUT2D eigenvalue weighted by Crippen LogP contribution is -2.36. The molecule has 2 N–H and O–H groups in total. The Balaban J connectivity index is 1.33. The summed E-state index contributed by atoms with van der Waals surface area (Å²) in [5.74, 6) is 1.65. The molecule has 1 aliphatic rings. The zero-order valence-corrected chi connectivity index (χ0v) is 23.5. The van der Waals surface area contributed by atoms with Gasteiger partial charge in [0, 0.05) is 43.0 Å². The maximum absolute atomic E-state index is 12.8. The van der Waals surface area contributed by atoms with E-state index < -0.39 is 9.84 Å². The molecule has 1 aliphatic heterocycles. The minimum absolute atomic E-state index is 0.191. The molecule has 10 heteroatoms. The van der Waals surface area contributed by atoms with Gasteiger partial charge in [-0.2, -0.15) is 5.10 Å². The number of rotatable bonds is 9. The number of aromatic amines is 1. The van der Waals surface area contributed by atoms with Crippen molar-refractivity contribution in [2.24, 2.45) is 5.92 Å². The van der Waals surface area contributed by atoms with Crippen molar-refractivity contribution in [2.75, 3.05) is 37.0 Å². The standard InChI is InChI=1S/C29H36N6O3S/c1-20(2)18-35-19-24(17-31-35)26-16-23-8-11-30-29(36)27(23)28(33-26)32-25-6-4-21(5-7-25)22-9-12-34(13-10-22)14-15-39(3,37)38/h4-8,11,16-17,19-20,22H,9-10,12-15,18H2,1-3H3,(H,30,36)(H,32,33). The third-order valence-corrected chi connectivity index (χ3v) is 8.17. The number of anilines is 2. The molecule has 0 bridgehead atoms. The van der Waals surface area contributed by atoms with Crippen LogP contribution in [0.25, 0.3) is 22.0 Å². The second-order valence-electron chi connectivity index (χ2n) is 11.0. The molecule has 0 aliphatic carbocycles. The number of fused-ring (bicyclic) bond motifs is 1. The van der Waals surface area contributed by atoms with Gasteiger partial charge in [0.25, 0.3) is 5.56 Å². The van der Waals surface area contributed by atoms with E-state index in [0.29, 0.717) is 29.6 Å². The molecular formula is C29H36N6O3S. The Kier molecular flexibility index (Phi) is 7.86. The van der Waals surface area contributed by atoms with Crippen molar-refractivity contribution in [3.05, 3.63) is 70.9 Å². The van der Waals surface area contributed by atoms with E-state index >= 15 is 0 Å². The van der Waals surface area contributed by atoms with E-state index in [1.54, 1.807) is 6.20 Å². The van der Waals surface area contributed by atoms with Gasteiger partial charge in [-0.15, -0.1) is 0 Å². The van der Waals surface area contributed by atoms with Crippen molar-refractivity contribution in [1.29, 1.82) is 0 Å². The smallest absolute Gasteiger partial charge is 0.259 e. The van der Waals surface area contributed by atoms with Crippen molar-refractivity contribution < 1.29 is 8.42 Å². The third kappa shape index (κ3) is 6.75.